The third-order valence-corrected chi connectivity index (χ3v) is 3.84. The van der Waals surface area contributed by atoms with Crippen LogP contribution in [0.25, 0.3) is 0 Å². The lowest BCUT2D eigenvalue weighted by molar-refractivity contribution is -0.148. The molecule has 0 spiro atoms. The molecule has 94 valence electrons. The molecule has 0 radical (unpaired) electrons. The predicted octanol–water partition coefficient (Wildman–Crippen LogP) is -1.08. The van der Waals surface area contributed by atoms with Crippen molar-refractivity contribution >= 4 is 16.2 Å². The van der Waals surface area contributed by atoms with Gasteiger partial charge in [0, 0.05) is 6.54 Å². The highest BCUT2D eigenvalue weighted by atomic mass is 32.2. The van der Waals surface area contributed by atoms with Gasteiger partial charge in [-0.05, 0) is 6.92 Å². The summed E-state index contributed by atoms with van der Waals surface area (Å²) in [6, 6.07) is -0.756. The Bertz CT molecular complexity index is 369. The average Bonchev–Trinajstić information content (AvgIpc) is 2.48. The predicted molar refractivity (Wildman–Crippen MR) is 56.1 cm³/mol. The highest BCUT2D eigenvalue weighted by molar-refractivity contribution is 7.87. The summed E-state index contributed by atoms with van der Waals surface area (Å²) in [7, 11) is -3.66. The number of ether oxygens (including phenoxy) is 1. The van der Waals surface area contributed by atoms with Crippen LogP contribution in [0.4, 0.5) is 0 Å². The van der Waals surface area contributed by atoms with Crippen LogP contribution in [0.2, 0.25) is 0 Å². The van der Waals surface area contributed by atoms with Crippen LogP contribution in [0.15, 0.2) is 0 Å². The highest BCUT2D eigenvalue weighted by Gasteiger charge is 2.48. The zero-order valence-electron chi connectivity index (χ0n) is 9.19. The molecule has 3 N–H and O–H groups in total. The summed E-state index contributed by atoms with van der Waals surface area (Å²) in [5, 5.41) is 9.03. The first kappa shape index (κ1) is 13.4. The van der Waals surface area contributed by atoms with E-state index in [4.69, 9.17) is 9.84 Å². The van der Waals surface area contributed by atoms with Gasteiger partial charge < -0.3 is 9.84 Å². The van der Waals surface area contributed by atoms with Crippen LogP contribution in [0.3, 0.4) is 0 Å². The van der Waals surface area contributed by atoms with Gasteiger partial charge in [0.05, 0.1) is 19.3 Å². The zero-order chi connectivity index (χ0) is 12.4. The van der Waals surface area contributed by atoms with Gasteiger partial charge in [-0.3, -0.25) is 4.79 Å². The fourth-order valence-electron chi connectivity index (χ4n) is 1.47. The Labute approximate surface area is 94.4 Å². The molecule has 0 amide bonds. The fraction of sp³-hybridized carbons (Fsp3) is 0.875. The first-order valence-electron chi connectivity index (χ1n) is 4.90. The summed E-state index contributed by atoms with van der Waals surface area (Å²) < 4.78 is 32.4. The van der Waals surface area contributed by atoms with Crippen LogP contribution < -0.4 is 9.44 Å². The summed E-state index contributed by atoms with van der Waals surface area (Å²) in [6.45, 7) is 3.41. The number of carboxylic acids is 1. The molecule has 0 aromatic rings. The molecule has 1 rings (SSSR count). The van der Waals surface area contributed by atoms with Gasteiger partial charge in [0.25, 0.3) is 10.2 Å². The maximum atomic E-state index is 11.4. The van der Waals surface area contributed by atoms with Crippen LogP contribution in [0.5, 0.6) is 0 Å². The van der Waals surface area contributed by atoms with Crippen LogP contribution in [-0.4, -0.2) is 45.3 Å². The molecular weight excluding hydrogens is 236 g/mol. The van der Waals surface area contributed by atoms with Crippen molar-refractivity contribution in [3.8, 4) is 0 Å². The Morgan fingerprint density at radius 2 is 2.25 bits per heavy atom. The van der Waals surface area contributed by atoms with Crippen molar-refractivity contribution in [1.29, 1.82) is 0 Å². The van der Waals surface area contributed by atoms with Crippen molar-refractivity contribution in [3.05, 3.63) is 0 Å². The first-order chi connectivity index (χ1) is 7.32. The van der Waals surface area contributed by atoms with Crippen molar-refractivity contribution in [2.75, 3.05) is 19.8 Å². The first-order valence-corrected chi connectivity index (χ1v) is 6.38. The smallest absolute Gasteiger partial charge is 0.313 e. The van der Waals surface area contributed by atoms with Crippen molar-refractivity contribution in [1.82, 2.24) is 9.44 Å². The molecule has 1 aliphatic heterocycles. The largest absolute Gasteiger partial charge is 0.481 e. The lowest BCUT2D eigenvalue weighted by atomic mass is 9.86. The molecule has 1 heterocycles. The molecule has 1 saturated heterocycles. The summed E-state index contributed by atoms with van der Waals surface area (Å²) in [5.41, 5.74) is -1.22. The molecule has 2 unspecified atom stereocenters. The minimum absolute atomic E-state index is 0.00163. The van der Waals surface area contributed by atoms with E-state index in [-0.39, 0.29) is 19.8 Å². The lowest BCUT2D eigenvalue weighted by Crippen LogP contribution is -2.52. The van der Waals surface area contributed by atoms with Gasteiger partial charge >= 0.3 is 5.97 Å². The Kier molecular flexibility index (Phi) is 3.89. The minimum Gasteiger partial charge on any atom is -0.481 e. The van der Waals surface area contributed by atoms with E-state index in [1.165, 1.54) is 6.92 Å². The van der Waals surface area contributed by atoms with Gasteiger partial charge in [-0.25, -0.2) is 4.72 Å². The SMILES string of the molecule is CCNS(=O)(=O)NC1COCC1(C)C(=O)O. The maximum absolute atomic E-state index is 11.4. The number of aliphatic carboxylic acids is 1. The number of hydrogen-bond acceptors (Lipinski definition) is 4. The summed E-state index contributed by atoms with van der Waals surface area (Å²) in [6.07, 6.45) is 0. The second-order valence-corrected chi connectivity index (χ2v) is 5.44. The topological polar surface area (TPSA) is 105 Å². The monoisotopic (exact) mass is 252 g/mol. The van der Waals surface area contributed by atoms with Crippen LogP contribution >= 0.6 is 0 Å². The summed E-state index contributed by atoms with van der Waals surface area (Å²) in [4.78, 5) is 11.0. The Hall–Kier alpha value is -0.700. The van der Waals surface area contributed by atoms with E-state index in [9.17, 15) is 13.2 Å². The van der Waals surface area contributed by atoms with E-state index >= 15 is 0 Å². The average molecular weight is 252 g/mol. The van der Waals surface area contributed by atoms with Crippen molar-refractivity contribution in [3.63, 3.8) is 0 Å². The van der Waals surface area contributed by atoms with E-state index in [1.807, 2.05) is 0 Å². The zero-order valence-corrected chi connectivity index (χ0v) is 10.0. The maximum Gasteiger partial charge on any atom is 0.313 e. The van der Waals surface area contributed by atoms with Crippen molar-refractivity contribution in [2.24, 2.45) is 5.41 Å². The summed E-state index contributed by atoms with van der Waals surface area (Å²) >= 11 is 0. The van der Waals surface area contributed by atoms with E-state index in [0.717, 1.165) is 0 Å². The molecule has 0 bridgehead atoms. The normalized spacial score (nSPS) is 30.5. The van der Waals surface area contributed by atoms with Crippen molar-refractivity contribution in [2.45, 2.75) is 19.9 Å². The number of carbonyl (C=O) groups is 1. The fourth-order valence-corrected chi connectivity index (χ4v) is 2.63. The highest BCUT2D eigenvalue weighted by Crippen LogP contribution is 2.28. The van der Waals surface area contributed by atoms with E-state index in [0.29, 0.717) is 0 Å². The Balaban J connectivity index is 2.78. The Morgan fingerprint density at radius 3 is 2.75 bits per heavy atom. The third-order valence-electron chi connectivity index (χ3n) is 2.58. The molecule has 0 aromatic carbocycles. The van der Waals surface area contributed by atoms with Gasteiger partial charge in [-0.15, -0.1) is 0 Å². The van der Waals surface area contributed by atoms with E-state index in [1.54, 1.807) is 6.92 Å². The standard InChI is InChI=1S/C8H16N2O5S/c1-3-9-16(13,14)10-6-4-15-5-8(6,2)7(11)12/h6,9-10H,3-5H2,1-2H3,(H,11,12). The third kappa shape index (κ3) is 2.70. The van der Waals surface area contributed by atoms with Crippen LogP contribution in [0, 0.1) is 5.41 Å². The van der Waals surface area contributed by atoms with Gasteiger partial charge in [0.2, 0.25) is 0 Å². The number of hydrogen-bond donors (Lipinski definition) is 3. The molecule has 1 aliphatic rings. The molecule has 0 aliphatic carbocycles. The molecule has 8 heteroatoms. The molecule has 0 saturated carbocycles. The second kappa shape index (κ2) is 4.66. The van der Waals surface area contributed by atoms with Gasteiger partial charge in [-0.2, -0.15) is 13.1 Å². The lowest BCUT2D eigenvalue weighted by Gasteiger charge is -2.25. The number of nitrogens with one attached hydrogen (secondary N) is 2. The van der Waals surface area contributed by atoms with E-state index in [2.05, 4.69) is 9.44 Å². The van der Waals surface area contributed by atoms with Gasteiger partial charge in [-0.1, -0.05) is 6.92 Å². The molecule has 2 atom stereocenters. The van der Waals surface area contributed by atoms with Crippen molar-refractivity contribution < 1.29 is 23.1 Å². The van der Waals surface area contributed by atoms with E-state index < -0.39 is 27.6 Å². The molecule has 0 aromatic heterocycles. The van der Waals surface area contributed by atoms with Crippen LogP contribution in [0.1, 0.15) is 13.8 Å². The van der Waals surface area contributed by atoms with Gasteiger partial charge in [0.1, 0.15) is 5.41 Å². The second-order valence-electron chi connectivity index (χ2n) is 3.91. The molecule has 1 fully saturated rings. The molecular formula is C8H16N2O5S. The van der Waals surface area contributed by atoms with Crippen LogP contribution in [-0.2, 0) is 19.7 Å². The summed E-state index contributed by atoms with van der Waals surface area (Å²) in [5.74, 6) is -1.07. The minimum atomic E-state index is -3.66. The number of rotatable bonds is 5. The molecule has 7 nitrogen and oxygen atoms in total. The van der Waals surface area contributed by atoms with Gasteiger partial charge in [0.15, 0.2) is 0 Å². The Morgan fingerprint density at radius 1 is 1.62 bits per heavy atom. The molecule has 16 heavy (non-hydrogen) atoms. The quantitative estimate of drug-likeness (QED) is 0.577. The number of carboxylic acid groups (broad SMARTS) is 1.